The van der Waals surface area contributed by atoms with Crippen LogP contribution in [-0.4, -0.2) is 4.98 Å². The SMILES string of the molecule is Nc1ccc(/C=C/C2=CCCC=C2)nc1. The highest BCUT2D eigenvalue weighted by Crippen LogP contribution is 2.12. The summed E-state index contributed by atoms with van der Waals surface area (Å²) in [5.41, 5.74) is 8.44. The number of nitrogens with zero attached hydrogens (tertiary/aromatic N) is 1. The fourth-order valence-electron chi connectivity index (χ4n) is 1.45. The van der Waals surface area contributed by atoms with Crippen LogP contribution in [0.2, 0.25) is 0 Å². The maximum absolute atomic E-state index is 5.56. The summed E-state index contributed by atoms with van der Waals surface area (Å²) in [4.78, 5) is 4.20. The van der Waals surface area contributed by atoms with Gasteiger partial charge in [-0.3, -0.25) is 4.98 Å². The van der Waals surface area contributed by atoms with Crippen molar-refractivity contribution >= 4 is 11.8 Å². The molecule has 0 bridgehead atoms. The molecule has 1 aliphatic rings. The van der Waals surface area contributed by atoms with Crippen LogP contribution in [0.15, 0.2) is 48.2 Å². The number of allylic oxidation sites excluding steroid dienone is 5. The standard InChI is InChI=1S/C13H14N2/c14-12-7-9-13(15-10-12)8-6-11-4-2-1-3-5-11/h2,4-10H,1,3,14H2/b8-6+. The van der Waals surface area contributed by atoms with E-state index in [1.54, 1.807) is 6.20 Å². The summed E-state index contributed by atoms with van der Waals surface area (Å²) in [6.45, 7) is 0. The molecule has 76 valence electrons. The highest BCUT2D eigenvalue weighted by Gasteiger charge is 1.93. The van der Waals surface area contributed by atoms with Gasteiger partial charge in [0.2, 0.25) is 0 Å². The molecule has 0 fully saturated rings. The molecular weight excluding hydrogens is 184 g/mol. The Bertz CT molecular complexity index is 411. The minimum atomic E-state index is 0.698. The Morgan fingerprint density at radius 2 is 2.13 bits per heavy atom. The quantitative estimate of drug-likeness (QED) is 0.793. The van der Waals surface area contributed by atoms with Crippen LogP contribution < -0.4 is 5.73 Å². The molecule has 0 radical (unpaired) electrons. The normalized spacial score (nSPS) is 15.6. The molecule has 0 unspecified atom stereocenters. The van der Waals surface area contributed by atoms with Crippen LogP contribution in [0.3, 0.4) is 0 Å². The first-order valence-electron chi connectivity index (χ1n) is 5.11. The van der Waals surface area contributed by atoms with Gasteiger partial charge in [-0.1, -0.05) is 24.3 Å². The lowest BCUT2D eigenvalue weighted by Gasteiger charge is -2.00. The minimum Gasteiger partial charge on any atom is -0.397 e. The molecule has 0 atom stereocenters. The summed E-state index contributed by atoms with van der Waals surface area (Å²) in [6, 6.07) is 3.77. The van der Waals surface area contributed by atoms with E-state index >= 15 is 0 Å². The Balaban J connectivity index is 2.08. The van der Waals surface area contributed by atoms with Crippen LogP contribution in [0.1, 0.15) is 18.5 Å². The van der Waals surface area contributed by atoms with E-state index in [1.807, 2.05) is 18.2 Å². The van der Waals surface area contributed by atoms with Gasteiger partial charge < -0.3 is 5.73 Å². The molecule has 15 heavy (non-hydrogen) atoms. The molecule has 0 aliphatic heterocycles. The number of hydrogen-bond donors (Lipinski definition) is 1. The van der Waals surface area contributed by atoms with Crippen LogP contribution in [0.4, 0.5) is 5.69 Å². The Labute approximate surface area is 89.8 Å². The van der Waals surface area contributed by atoms with Crippen LogP contribution in [0.25, 0.3) is 6.08 Å². The largest absolute Gasteiger partial charge is 0.397 e. The highest BCUT2D eigenvalue weighted by atomic mass is 14.7. The van der Waals surface area contributed by atoms with Crippen molar-refractivity contribution < 1.29 is 0 Å². The number of rotatable bonds is 2. The predicted octanol–water partition coefficient (Wildman–Crippen LogP) is 2.95. The van der Waals surface area contributed by atoms with E-state index in [4.69, 9.17) is 5.73 Å². The van der Waals surface area contributed by atoms with E-state index in [0.717, 1.165) is 18.5 Å². The van der Waals surface area contributed by atoms with Gasteiger partial charge in [0.05, 0.1) is 17.6 Å². The molecule has 2 rings (SSSR count). The van der Waals surface area contributed by atoms with Gasteiger partial charge in [0, 0.05) is 0 Å². The molecule has 1 heterocycles. The molecular formula is C13H14N2. The van der Waals surface area contributed by atoms with Crippen molar-refractivity contribution in [2.24, 2.45) is 0 Å². The Kier molecular flexibility index (Phi) is 2.98. The van der Waals surface area contributed by atoms with Gasteiger partial charge in [0.1, 0.15) is 0 Å². The number of anilines is 1. The molecule has 0 amide bonds. The third-order valence-electron chi connectivity index (χ3n) is 2.28. The van der Waals surface area contributed by atoms with Crippen molar-refractivity contribution in [1.29, 1.82) is 0 Å². The lowest BCUT2D eigenvalue weighted by molar-refractivity contribution is 1.03. The molecule has 1 aromatic heterocycles. The van der Waals surface area contributed by atoms with E-state index < -0.39 is 0 Å². The van der Waals surface area contributed by atoms with Crippen LogP contribution in [-0.2, 0) is 0 Å². The fraction of sp³-hybridized carbons (Fsp3) is 0.154. The zero-order valence-electron chi connectivity index (χ0n) is 8.56. The number of aromatic nitrogens is 1. The molecule has 0 saturated heterocycles. The lowest BCUT2D eigenvalue weighted by Crippen LogP contribution is -1.87. The topological polar surface area (TPSA) is 38.9 Å². The maximum Gasteiger partial charge on any atom is 0.0631 e. The van der Waals surface area contributed by atoms with Crippen LogP contribution in [0.5, 0.6) is 0 Å². The van der Waals surface area contributed by atoms with Gasteiger partial charge in [0.15, 0.2) is 0 Å². The van der Waals surface area contributed by atoms with Crippen molar-refractivity contribution in [3.63, 3.8) is 0 Å². The van der Waals surface area contributed by atoms with Crippen molar-refractivity contribution in [3.8, 4) is 0 Å². The first kappa shape index (κ1) is 9.71. The monoisotopic (exact) mass is 198 g/mol. The summed E-state index contributed by atoms with van der Waals surface area (Å²) >= 11 is 0. The number of nitrogens with two attached hydrogens (primary N) is 1. The summed E-state index contributed by atoms with van der Waals surface area (Å²) in [7, 11) is 0. The molecule has 0 aromatic carbocycles. The summed E-state index contributed by atoms with van der Waals surface area (Å²) in [6.07, 6.45) is 14.6. The van der Waals surface area contributed by atoms with Crippen LogP contribution >= 0.6 is 0 Å². The summed E-state index contributed by atoms with van der Waals surface area (Å²) in [5.74, 6) is 0. The van der Waals surface area contributed by atoms with Gasteiger partial charge in [-0.2, -0.15) is 0 Å². The Morgan fingerprint density at radius 1 is 1.20 bits per heavy atom. The smallest absolute Gasteiger partial charge is 0.0631 e. The zero-order chi connectivity index (χ0) is 10.5. The third kappa shape index (κ3) is 2.81. The molecule has 2 N–H and O–H groups in total. The van der Waals surface area contributed by atoms with Gasteiger partial charge in [-0.15, -0.1) is 0 Å². The second-order valence-corrected chi connectivity index (χ2v) is 3.53. The third-order valence-corrected chi connectivity index (χ3v) is 2.28. The van der Waals surface area contributed by atoms with E-state index in [0.29, 0.717) is 5.69 Å². The molecule has 1 aliphatic carbocycles. The molecule has 1 aromatic rings. The van der Waals surface area contributed by atoms with Crippen molar-refractivity contribution in [3.05, 3.63) is 53.9 Å². The average Bonchev–Trinajstić information content (AvgIpc) is 2.30. The van der Waals surface area contributed by atoms with E-state index in [9.17, 15) is 0 Å². The van der Waals surface area contributed by atoms with Crippen LogP contribution in [0, 0.1) is 0 Å². The van der Waals surface area contributed by atoms with Gasteiger partial charge in [-0.05, 0) is 36.6 Å². The predicted molar refractivity (Wildman–Crippen MR) is 64.1 cm³/mol. The molecule has 0 saturated carbocycles. The number of hydrogen-bond acceptors (Lipinski definition) is 2. The van der Waals surface area contributed by atoms with E-state index in [-0.39, 0.29) is 0 Å². The first-order chi connectivity index (χ1) is 7.34. The first-order valence-corrected chi connectivity index (χ1v) is 5.11. The Morgan fingerprint density at radius 3 is 2.80 bits per heavy atom. The average molecular weight is 198 g/mol. The molecule has 2 heteroatoms. The van der Waals surface area contributed by atoms with Crippen molar-refractivity contribution in [2.75, 3.05) is 5.73 Å². The van der Waals surface area contributed by atoms with Crippen molar-refractivity contribution in [1.82, 2.24) is 4.98 Å². The van der Waals surface area contributed by atoms with Gasteiger partial charge in [0.25, 0.3) is 0 Å². The summed E-state index contributed by atoms with van der Waals surface area (Å²) < 4.78 is 0. The lowest BCUT2D eigenvalue weighted by atomic mass is 10.1. The molecule has 2 nitrogen and oxygen atoms in total. The second-order valence-electron chi connectivity index (χ2n) is 3.53. The van der Waals surface area contributed by atoms with E-state index in [2.05, 4.69) is 29.3 Å². The van der Waals surface area contributed by atoms with Crippen molar-refractivity contribution in [2.45, 2.75) is 12.8 Å². The minimum absolute atomic E-state index is 0.698. The summed E-state index contributed by atoms with van der Waals surface area (Å²) in [5, 5.41) is 0. The second kappa shape index (κ2) is 4.60. The number of nitrogen functional groups attached to an aromatic ring is 1. The molecule has 0 spiro atoms. The Hall–Kier alpha value is -1.83. The van der Waals surface area contributed by atoms with Gasteiger partial charge in [-0.25, -0.2) is 0 Å². The van der Waals surface area contributed by atoms with Gasteiger partial charge >= 0.3 is 0 Å². The highest BCUT2D eigenvalue weighted by molar-refractivity contribution is 5.53. The fourth-order valence-corrected chi connectivity index (χ4v) is 1.45. The zero-order valence-corrected chi connectivity index (χ0v) is 8.56. The maximum atomic E-state index is 5.56. The number of pyridine rings is 1. The van der Waals surface area contributed by atoms with E-state index in [1.165, 1.54) is 5.57 Å².